The third-order valence-corrected chi connectivity index (χ3v) is 2.75. The second kappa shape index (κ2) is 3.69. The lowest BCUT2D eigenvalue weighted by atomic mass is 10.2. The number of hydrogen-bond donors (Lipinski definition) is 0. The lowest BCUT2D eigenvalue weighted by Crippen LogP contribution is -1.96. The highest BCUT2D eigenvalue weighted by Crippen LogP contribution is 2.16. The summed E-state index contributed by atoms with van der Waals surface area (Å²) in [4.78, 5) is 0. The first-order valence-corrected chi connectivity index (χ1v) is 5.61. The Morgan fingerprint density at radius 1 is 1.24 bits per heavy atom. The monoisotopic (exact) mass is 227 g/mol. The molecule has 0 spiro atoms. The number of rotatable bonds is 2. The summed E-state index contributed by atoms with van der Waals surface area (Å²) in [5, 5.41) is 13.0. The minimum Gasteiger partial charge on any atom is -0.275 e. The molecule has 3 heterocycles. The molecule has 0 aliphatic heterocycles. The zero-order chi connectivity index (χ0) is 11.8. The van der Waals surface area contributed by atoms with E-state index in [4.69, 9.17) is 0 Å². The van der Waals surface area contributed by atoms with Gasteiger partial charge in [-0.3, -0.25) is 4.68 Å². The van der Waals surface area contributed by atoms with Crippen LogP contribution in [0.2, 0.25) is 0 Å². The average molecular weight is 227 g/mol. The normalized spacial score (nSPS) is 11.2. The van der Waals surface area contributed by atoms with Crippen molar-refractivity contribution >= 4 is 5.52 Å². The van der Waals surface area contributed by atoms with Crippen molar-refractivity contribution in [2.45, 2.75) is 13.3 Å². The molecule has 3 aromatic rings. The fourth-order valence-corrected chi connectivity index (χ4v) is 1.81. The van der Waals surface area contributed by atoms with Gasteiger partial charge in [0, 0.05) is 18.8 Å². The standard InChI is InChI=1S/C12H13N5/c1-3-10-6-11-4-5-12(15-17(11)14-10)9-7-13-16(2)8-9/h4-8H,3H2,1-2H3. The summed E-state index contributed by atoms with van der Waals surface area (Å²) in [6, 6.07) is 6.08. The molecule has 0 N–H and O–H groups in total. The maximum atomic E-state index is 4.48. The molecule has 17 heavy (non-hydrogen) atoms. The molecule has 0 aliphatic carbocycles. The Labute approximate surface area is 98.7 Å². The molecule has 0 amide bonds. The summed E-state index contributed by atoms with van der Waals surface area (Å²) in [7, 11) is 1.89. The van der Waals surface area contributed by atoms with E-state index in [1.54, 1.807) is 15.5 Å². The van der Waals surface area contributed by atoms with Gasteiger partial charge in [-0.25, -0.2) is 0 Å². The molecule has 0 saturated heterocycles. The molecule has 0 aliphatic rings. The van der Waals surface area contributed by atoms with Crippen molar-refractivity contribution < 1.29 is 0 Å². The third-order valence-electron chi connectivity index (χ3n) is 2.75. The summed E-state index contributed by atoms with van der Waals surface area (Å²) >= 11 is 0. The quantitative estimate of drug-likeness (QED) is 0.669. The van der Waals surface area contributed by atoms with Gasteiger partial charge in [0.05, 0.1) is 23.1 Å². The van der Waals surface area contributed by atoms with Crippen LogP contribution in [0.15, 0.2) is 30.6 Å². The maximum Gasteiger partial charge on any atom is 0.0961 e. The molecular formula is C12H13N5. The molecular weight excluding hydrogens is 214 g/mol. The molecule has 0 saturated carbocycles. The van der Waals surface area contributed by atoms with Crippen LogP contribution in [-0.2, 0) is 13.5 Å². The highest BCUT2D eigenvalue weighted by Gasteiger charge is 2.05. The first kappa shape index (κ1) is 10.0. The SMILES string of the molecule is CCc1cc2ccc(-c3cnn(C)c3)nn2n1. The van der Waals surface area contributed by atoms with Crippen LogP contribution in [0.5, 0.6) is 0 Å². The van der Waals surface area contributed by atoms with Gasteiger partial charge in [0.15, 0.2) is 0 Å². The van der Waals surface area contributed by atoms with Crippen LogP contribution in [0.25, 0.3) is 16.8 Å². The molecule has 0 fully saturated rings. The second-order valence-electron chi connectivity index (χ2n) is 4.02. The molecule has 0 atom stereocenters. The fourth-order valence-electron chi connectivity index (χ4n) is 1.81. The van der Waals surface area contributed by atoms with Crippen LogP contribution in [0, 0.1) is 0 Å². The highest BCUT2D eigenvalue weighted by molar-refractivity contribution is 5.59. The molecule has 0 unspecified atom stereocenters. The molecule has 86 valence electrons. The average Bonchev–Trinajstić information content (AvgIpc) is 2.93. The van der Waals surface area contributed by atoms with Gasteiger partial charge in [0.2, 0.25) is 0 Å². The zero-order valence-corrected chi connectivity index (χ0v) is 9.83. The van der Waals surface area contributed by atoms with E-state index >= 15 is 0 Å². The van der Waals surface area contributed by atoms with Crippen LogP contribution in [0.4, 0.5) is 0 Å². The number of hydrogen-bond acceptors (Lipinski definition) is 3. The topological polar surface area (TPSA) is 48.0 Å². The number of aromatic nitrogens is 5. The van der Waals surface area contributed by atoms with Gasteiger partial charge in [-0.05, 0) is 24.6 Å². The van der Waals surface area contributed by atoms with E-state index in [9.17, 15) is 0 Å². The Bertz CT molecular complexity index is 664. The molecule has 3 rings (SSSR count). The Kier molecular flexibility index (Phi) is 2.18. The van der Waals surface area contributed by atoms with Gasteiger partial charge in [-0.1, -0.05) is 6.92 Å². The van der Waals surface area contributed by atoms with Crippen molar-refractivity contribution in [2.24, 2.45) is 7.05 Å². The van der Waals surface area contributed by atoms with Crippen LogP contribution in [0.1, 0.15) is 12.6 Å². The molecule has 0 radical (unpaired) electrons. The number of aryl methyl sites for hydroxylation is 2. The smallest absolute Gasteiger partial charge is 0.0961 e. The summed E-state index contributed by atoms with van der Waals surface area (Å²) in [5.41, 5.74) is 3.97. The van der Waals surface area contributed by atoms with Gasteiger partial charge in [-0.2, -0.15) is 14.8 Å². The lowest BCUT2D eigenvalue weighted by Gasteiger charge is -1.96. The van der Waals surface area contributed by atoms with Crippen molar-refractivity contribution in [3.8, 4) is 11.3 Å². The van der Waals surface area contributed by atoms with Crippen LogP contribution in [0.3, 0.4) is 0 Å². The maximum absolute atomic E-state index is 4.48. The molecule has 5 nitrogen and oxygen atoms in total. The van der Waals surface area contributed by atoms with Gasteiger partial charge in [-0.15, -0.1) is 5.10 Å². The van der Waals surface area contributed by atoms with E-state index in [1.165, 1.54) is 0 Å². The summed E-state index contributed by atoms with van der Waals surface area (Å²) in [6.07, 6.45) is 4.67. The molecule has 5 heteroatoms. The van der Waals surface area contributed by atoms with E-state index in [0.717, 1.165) is 28.9 Å². The minimum atomic E-state index is 0.886. The highest BCUT2D eigenvalue weighted by atomic mass is 15.4. The van der Waals surface area contributed by atoms with E-state index in [1.807, 2.05) is 25.4 Å². The summed E-state index contributed by atoms with van der Waals surface area (Å²) < 4.78 is 3.45. The van der Waals surface area contributed by atoms with Crippen LogP contribution < -0.4 is 0 Å². The van der Waals surface area contributed by atoms with Gasteiger partial charge in [0.25, 0.3) is 0 Å². The Hall–Kier alpha value is -2.17. The minimum absolute atomic E-state index is 0.886. The van der Waals surface area contributed by atoms with E-state index in [-0.39, 0.29) is 0 Å². The number of fused-ring (bicyclic) bond motifs is 1. The van der Waals surface area contributed by atoms with Crippen molar-refractivity contribution in [3.63, 3.8) is 0 Å². The molecule has 0 bridgehead atoms. The predicted molar refractivity (Wildman–Crippen MR) is 64.6 cm³/mol. The van der Waals surface area contributed by atoms with Gasteiger partial charge in [0.1, 0.15) is 0 Å². The predicted octanol–water partition coefficient (Wildman–Crippen LogP) is 1.69. The van der Waals surface area contributed by atoms with Crippen LogP contribution >= 0.6 is 0 Å². The first-order valence-electron chi connectivity index (χ1n) is 5.61. The Morgan fingerprint density at radius 3 is 2.82 bits per heavy atom. The Balaban J connectivity index is 2.12. The van der Waals surface area contributed by atoms with Gasteiger partial charge < -0.3 is 0 Å². The lowest BCUT2D eigenvalue weighted by molar-refractivity contribution is 0.767. The Morgan fingerprint density at radius 2 is 2.12 bits per heavy atom. The summed E-state index contributed by atoms with van der Waals surface area (Å²) in [6.45, 7) is 2.09. The second-order valence-corrected chi connectivity index (χ2v) is 4.02. The van der Waals surface area contributed by atoms with Crippen LogP contribution in [-0.4, -0.2) is 24.6 Å². The third kappa shape index (κ3) is 1.69. The van der Waals surface area contributed by atoms with Crippen molar-refractivity contribution in [2.75, 3.05) is 0 Å². The van der Waals surface area contributed by atoms with E-state index in [2.05, 4.69) is 28.3 Å². The van der Waals surface area contributed by atoms with Crippen molar-refractivity contribution in [1.82, 2.24) is 24.6 Å². The molecule has 0 aromatic carbocycles. The zero-order valence-electron chi connectivity index (χ0n) is 9.83. The van der Waals surface area contributed by atoms with Gasteiger partial charge >= 0.3 is 0 Å². The van der Waals surface area contributed by atoms with E-state index < -0.39 is 0 Å². The first-order chi connectivity index (χ1) is 8.26. The largest absolute Gasteiger partial charge is 0.275 e. The number of nitrogens with zero attached hydrogens (tertiary/aromatic N) is 5. The van der Waals surface area contributed by atoms with Crippen molar-refractivity contribution in [1.29, 1.82) is 0 Å². The fraction of sp³-hybridized carbons (Fsp3) is 0.250. The summed E-state index contributed by atoms with van der Waals surface area (Å²) in [5.74, 6) is 0. The molecule has 3 aromatic heterocycles. The van der Waals surface area contributed by atoms with Crippen molar-refractivity contribution in [3.05, 3.63) is 36.3 Å². The van der Waals surface area contributed by atoms with E-state index in [0.29, 0.717) is 0 Å².